The van der Waals surface area contributed by atoms with Gasteiger partial charge in [-0.3, -0.25) is 14.6 Å². The zero-order valence-electron chi connectivity index (χ0n) is 9.21. The van der Waals surface area contributed by atoms with Crippen LogP contribution in [0.15, 0.2) is 35.2 Å². The van der Waals surface area contributed by atoms with Crippen molar-refractivity contribution in [1.82, 2.24) is 9.97 Å². The lowest BCUT2D eigenvalue weighted by Crippen LogP contribution is -2.11. The standard InChI is InChI=1S/C12H10N2O3/c1-8-12(14-5-4-13-8)10(16)7-9(15)11-3-2-6-17-11/h2-6H,7H2,1H3. The summed E-state index contributed by atoms with van der Waals surface area (Å²) in [6.07, 6.45) is 4.07. The number of hydrogen-bond donors (Lipinski definition) is 0. The molecule has 0 aliphatic carbocycles. The van der Waals surface area contributed by atoms with Crippen molar-refractivity contribution in [3.05, 3.63) is 47.9 Å². The second-order valence-corrected chi connectivity index (χ2v) is 3.49. The first kappa shape index (κ1) is 11.2. The molecule has 0 spiro atoms. The fourth-order valence-electron chi connectivity index (χ4n) is 1.44. The van der Waals surface area contributed by atoms with E-state index in [1.807, 2.05) is 0 Å². The Morgan fingerprint density at radius 1 is 1.24 bits per heavy atom. The van der Waals surface area contributed by atoms with Gasteiger partial charge in [-0.1, -0.05) is 0 Å². The molecule has 0 unspecified atom stereocenters. The van der Waals surface area contributed by atoms with Gasteiger partial charge in [0.2, 0.25) is 5.78 Å². The van der Waals surface area contributed by atoms with E-state index in [0.717, 1.165) is 0 Å². The molecule has 0 saturated heterocycles. The van der Waals surface area contributed by atoms with Crippen LogP contribution < -0.4 is 0 Å². The van der Waals surface area contributed by atoms with Crippen LogP contribution in [0, 0.1) is 6.92 Å². The van der Waals surface area contributed by atoms with Gasteiger partial charge in [0.15, 0.2) is 11.5 Å². The summed E-state index contributed by atoms with van der Waals surface area (Å²) in [6, 6.07) is 3.13. The monoisotopic (exact) mass is 230 g/mol. The minimum Gasteiger partial charge on any atom is -0.461 e. The van der Waals surface area contributed by atoms with Crippen LogP contribution in [0.5, 0.6) is 0 Å². The molecule has 0 N–H and O–H groups in total. The van der Waals surface area contributed by atoms with Gasteiger partial charge in [-0.25, -0.2) is 4.98 Å². The van der Waals surface area contributed by atoms with Crippen LogP contribution in [0.1, 0.15) is 33.2 Å². The molecule has 0 aromatic carbocycles. The maximum atomic E-state index is 11.8. The molecule has 0 atom stereocenters. The van der Waals surface area contributed by atoms with Crippen LogP contribution in [0.2, 0.25) is 0 Å². The maximum absolute atomic E-state index is 11.8. The number of hydrogen-bond acceptors (Lipinski definition) is 5. The third-order valence-electron chi connectivity index (χ3n) is 2.26. The van der Waals surface area contributed by atoms with Crippen molar-refractivity contribution >= 4 is 11.6 Å². The average molecular weight is 230 g/mol. The van der Waals surface area contributed by atoms with E-state index in [2.05, 4.69) is 9.97 Å². The predicted octanol–water partition coefficient (Wildman–Crippen LogP) is 1.83. The first-order valence-corrected chi connectivity index (χ1v) is 5.06. The lowest BCUT2D eigenvalue weighted by atomic mass is 10.1. The van der Waals surface area contributed by atoms with Gasteiger partial charge in [-0.2, -0.15) is 0 Å². The van der Waals surface area contributed by atoms with E-state index in [4.69, 9.17) is 4.42 Å². The molecular weight excluding hydrogens is 220 g/mol. The Morgan fingerprint density at radius 2 is 2.00 bits per heavy atom. The second-order valence-electron chi connectivity index (χ2n) is 3.49. The highest BCUT2D eigenvalue weighted by atomic mass is 16.3. The van der Waals surface area contributed by atoms with E-state index in [0.29, 0.717) is 5.69 Å². The first-order chi connectivity index (χ1) is 8.18. The normalized spacial score (nSPS) is 10.2. The zero-order valence-corrected chi connectivity index (χ0v) is 9.21. The van der Waals surface area contributed by atoms with Crippen LogP contribution in [0.25, 0.3) is 0 Å². The highest BCUT2D eigenvalue weighted by Gasteiger charge is 2.18. The number of Topliss-reactive ketones (excluding diaryl/α,β-unsaturated/α-hetero) is 2. The molecule has 0 radical (unpaired) electrons. The smallest absolute Gasteiger partial charge is 0.205 e. The topological polar surface area (TPSA) is 73.1 Å². The third kappa shape index (κ3) is 2.44. The summed E-state index contributed by atoms with van der Waals surface area (Å²) in [5.74, 6) is -0.526. The summed E-state index contributed by atoms with van der Waals surface area (Å²) < 4.78 is 4.92. The Balaban J connectivity index is 2.13. The number of carbonyl (C=O) groups is 2. The minimum absolute atomic E-state index is 0.180. The molecule has 5 heteroatoms. The van der Waals surface area contributed by atoms with Crippen LogP contribution in [-0.4, -0.2) is 21.5 Å². The Hall–Kier alpha value is -2.30. The van der Waals surface area contributed by atoms with Crippen molar-refractivity contribution in [3.63, 3.8) is 0 Å². The molecule has 0 amide bonds. The molecule has 2 heterocycles. The van der Waals surface area contributed by atoms with E-state index in [1.54, 1.807) is 13.0 Å². The Bertz CT molecular complexity index is 547. The summed E-state index contributed by atoms with van der Waals surface area (Å²) in [5.41, 5.74) is 0.747. The predicted molar refractivity (Wildman–Crippen MR) is 58.8 cm³/mol. The SMILES string of the molecule is Cc1nccnc1C(=O)CC(=O)c1ccco1. The second kappa shape index (κ2) is 4.69. The number of rotatable bonds is 4. The molecule has 0 fully saturated rings. The van der Waals surface area contributed by atoms with Crippen molar-refractivity contribution in [2.75, 3.05) is 0 Å². The summed E-state index contributed by atoms with van der Waals surface area (Å²) in [5, 5.41) is 0. The number of ketones is 2. The lowest BCUT2D eigenvalue weighted by Gasteiger charge is -2.00. The molecule has 0 aliphatic rings. The molecule has 0 saturated carbocycles. The quantitative estimate of drug-likeness (QED) is 0.591. The molecular formula is C12H10N2O3. The Kier molecular flexibility index (Phi) is 3.09. The third-order valence-corrected chi connectivity index (χ3v) is 2.26. The summed E-state index contributed by atoms with van der Waals surface area (Å²) in [6.45, 7) is 1.68. The average Bonchev–Trinajstić information content (AvgIpc) is 2.82. The number of carbonyl (C=O) groups excluding carboxylic acids is 2. The van der Waals surface area contributed by atoms with Gasteiger partial charge in [0.25, 0.3) is 0 Å². The van der Waals surface area contributed by atoms with E-state index >= 15 is 0 Å². The molecule has 86 valence electrons. The summed E-state index contributed by atoms with van der Waals surface area (Å²) in [4.78, 5) is 31.3. The van der Waals surface area contributed by atoms with Crippen molar-refractivity contribution in [2.45, 2.75) is 13.3 Å². The maximum Gasteiger partial charge on any atom is 0.205 e. The summed E-state index contributed by atoms with van der Waals surface area (Å²) >= 11 is 0. The molecule has 2 aromatic heterocycles. The van der Waals surface area contributed by atoms with E-state index in [1.165, 1.54) is 24.7 Å². The van der Waals surface area contributed by atoms with Gasteiger partial charge >= 0.3 is 0 Å². The van der Waals surface area contributed by atoms with Crippen LogP contribution in [0.3, 0.4) is 0 Å². The minimum atomic E-state index is -0.356. The van der Waals surface area contributed by atoms with Gasteiger partial charge in [-0.05, 0) is 19.1 Å². The highest BCUT2D eigenvalue weighted by molar-refractivity contribution is 6.12. The van der Waals surface area contributed by atoms with Crippen LogP contribution in [0.4, 0.5) is 0 Å². The Labute approximate surface area is 97.5 Å². The van der Waals surface area contributed by atoms with Crippen LogP contribution >= 0.6 is 0 Å². The van der Waals surface area contributed by atoms with Gasteiger partial charge in [0, 0.05) is 12.4 Å². The largest absolute Gasteiger partial charge is 0.461 e. The highest BCUT2D eigenvalue weighted by Crippen LogP contribution is 2.09. The van der Waals surface area contributed by atoms with E-state index < -0.39 is 0 Å². The van der Waals surface area contributed by atoms with Crippen molar-refractivity contribution in [3.8, 4) is 0 Å². The molecule has 2 rings (SSSR count). The van der Waals surface area contributed by atoms with Gasteiger partial charge < -0.3 is 4.42 Å². The van der Waals surface area contributed by atoms with Crippen molar-refractivity contribution < 1.29 is 14.0 Å². The molecule has 2 aromatic rings. The van der Waals surface area contributed by atoms with Gasteiger partial charge in [0.05, 0.1) is 18.4 Å². The lowest BCUT2D eigenvalue weighted by molar-refractivity contribution is 0.0875. The fourth-order valence-corrected chi connectivity index (χ4v) is 1.44. The number of aryl methyl sites for hydroxylation is 1. The van der Waals surface area contributed by atoms with Crippen LogP contribution in [-0.2, 0) is 0 Å². The molecule has 0 aliphatic heterocycles. The van der Waals surface area contributed by atoms with Gasteiger partial charge in [0.1, 0.15) is 5.69 Å². The van der Waals surface area contributed by atoms with Crippen molar-refractivity contribution in [1.29, 1.82) is 0 Å². The number of furan rings is 1. The molecule has 0 bridgehead atoms. The zero-order chi connectivity index (χ0) is 12.3. The van der Waals surface area contributed by atoms with Gasteiger partial charge in [-0.15, -0.1) is 0 Å². The Morgan fingerprint density at radius 3 is 2.65 bits per heavy atom. The molecule has 17 heavy (non-hydrogen) atoms. The molecule has 5 nitrogen and oxygen atoms in total. The fraction of sp³-hybridized carbons (Fsp3) is 0.167. The number of aromatic nitrogens is 2. The van der Waals surface area contributed by atoms with E-state index in [9.17, 15) is 9.59 Å². The first-order valence-electron chi connectivity index (χ1n) is 5.06. The number of nitrogens with zero attached hydrogens (tertiary/aromatic N) is 2. The van der Waals surface area contributed by atoms with Crippen molar-refractivity contribution in [2.24, 2.45) is 0 Å². The summed E-state index contributed by atoms with van der Waals surface area (Å²) in [7, 11) is 0. The van der Waals surface area contributed by atoms with E-state index in [-0.39, 0.29) is 29.4 Å².